The van der Waals surface area contributed by atoms with Gasteiger partial charge in [-0.05, 0) is 135 Å². The molecule has 0 spiro atoms. The molecule has 0 saturated heterocycles. The number of aliphatic hydroxyl groups is 1. The molecule has 0 rings (SSSR count). The fourth-order valence-corrected chi connectivity index (χ4v) is 12.8. The normalized spacial score (nSPS) is 14.2. The van der Waals surface area contributed by atoms with E-state index in [1.165, 1.54) is 122 Å². The van der Waals surface area contributed by atoms with Crippen LogP contribution in [0.3, 0.4) is 0 Å². The molecule has 0 aliphatic carbocycles. The summed E-state index contributed by atoms with van der Waals surface area (Å²) in [5, 5.41) is 10.6. The van der Waals surface area contributed by atoms with Crippen LogP contribution in [-0.4, -0.2) is 96.7 Å². The van der Waals surface area contributed by atoms with Crippen molar-refractivity contribution in [3.05, 3.63) is 60.8 Å². The van der Waals surface area contributed by atoms with Crippen LogP contribution in [0.1, 0.15) is 374 Å². The first-order valence-corrected chi connectivity index (χ1v) is 43.5. The molecule has 0 aromatic heterocycles. The Balaban J connectivity index is 5.34. The van der Waals surface area contributed by atoms with E-state index in [9.17, 15) is 43.2 Å². The number of carbonyl (C=O) groups is 4. The monoisotopic (exact) mass is 1460 g/mol. The third-order valence-electron chi connectivity index (χ3n) is 17.4. The molecule has 5 atom stereocenters. The van der Waals surface area contributed by atoms with Gasteiger partial charge in [0.15, 0.2) is 12.2 Å². The highest BCUT2D eigenvalue weighted by Crippen LogP contribution is 2.45. The van der Waals surface area contributed by atoms with Gasteiger partial charge in [0.25, 0.3) is 0 Å². The summed E-state index contributed by atoms with van der Waals surface area (Å²) < 4.78 is 68.6. The molecule has 0 radical (unpaired) electrons. The first kappa shape index (κ1) is 96.8. The van der Waals surface area contributed by atoms with E-state index >= 15 is 0 Å². The van der Waals surface area contributed by atoms with Gasteiger partial charge in [0, 0.05) is 25.7 Å². The first-order valence-electron chi connectivity index (χ1n) is 40.5. The van der Waals surface area contributed by atoms with Crippen LogP contribution >= 0.6 is 15.6 Å². The number of esters is 4. The van der Waals surface area contributed by atoms with Crippen molar-refractivity contribution >= 4 is 39.5 Å². The number of allylic oxidation sites excluding steroid dienone is 10. The molecule has 0 aliphatic rings. The van der Waals surface area contributed by atoms with Crippen molar-refractivity contribution in [3.63, 3.8) is 0 Å². The van der Waals surface area contributed by atoms with Gasteiger partial charge in [-0.15, -0.1) is 0 Å². The van der Waals surface area contributed by atoms with Crippen LogP contribution in [0.25, 0.3) is 0 Å². The van der Waals surface area contributed by atoms with Gasteiger partial charge in [0.2, 0.25) is 0 Å². The van der Waals surface area contributed by atoms with Crippen LogP contribution in [0, 0.1) is 0 Å². The minimum Gasteiger partial charge on any atom is -0.462 e. The van der Waals surface area contributed by atoms with Crippen LogP contribution in [0.2, 0.25) is 0 Å². The van der Waals surface area contributed by atoms with Crippen LogP contribution in [0.15, 0.2) is 60.8 Å². The molecule has 17 nitrogen and oxygen atoms in total. The smallest absolute Gasteiger partial charge is 0.462 e. The molecule has 0 amide bonds. The molecule has 0 heterocycles. The van der Waals surface area contributed by atoms with Gasteiger partial charge in [-0.25, -0.2) is 9.13 Å². The predicted molar refractivity (Wildman–Crippen MR) is 409 cm³/mol. The molecule has 0 aromatic rings. The van der Waals surface area contributed by atoms with Gasteiger partial charge >= 0.3 is 39.5 Å². The summed E-state index contributed by atoms with van der Waals surface area (Å²) >= 11 is 0. The van der Waals surface area contributed by atoms with Gasteiger partial charge in [-0.2, -0.15) is 0 Å². The maximum absolute atomic E-state index is 13.1. The zero-order valence-corrected chi connectivity index (χ0v) is 65.7. The topological polar surface area (TPSA) is 237 Å². The van der Waals surface area contributed by atoms with E-state index in [2.05, 4.69) is 88.5 Å². The molecule has 0 bridgehead atoms. The molecule has 0 fully saturated rings. The number of rotatable bonds is 77. The van der Waals surface area contributed by atoms with Crippen molar-refractivity contribution in [1.29, 1.82) is 0 Å². The van der Waals surface area contributed by atoms with Crippen molar-refractivity contribution in [1.82, 2.24) is 0 Å². The van der Waals surface area contributed by atoms with Crippen LogP contribution in [-0.2, 0) is 65.4 Å². The predicted octanol–water partition coefficient (Wildman–Crippen LogP) is 23.5. The van der Waals surface area contributed by atoms with Crippen molar-refractivity contribution in [2.75, 3.05) is 39.6 Å². The summed E-state index contributed by atoms with van der Waals surface area (Å²) in [5.41, 5.74) is 0. The summed E-state index contributed by atoms with van der Waals surface area (Å²) in [7, 11) is -9.95. The van der Waals surface area contributed by atoms with E-state index in [0.29, 0.717) is 25.7 Å². The number of phosphoric ester groups is 2. The number of unbranched alkanes of at least 4 members (excludes halogenated alkanes) is 41. The minimum atomic E-state index is -4.97. The second-order valence-electron chi connectivity index (χ2n) is 27.3. The van der Waals surface area contributed by atoms with Gasteiger partial charge in [-0.3, -0.25) is 37.3 Å². The Morgan fingerprint density at radius 3 is 0.770 bits per heavy atom. The molecule has 19 heteroatoms. The average molecular weight is 1460 g/mol. The summed E-state index contributed by atoms with van der Waals surface area (Å²) in [6.45, 7) is 4.86. The maximum Gasteiger partial charge on any atom is 0.472 e. The lowest BCUT2D eigenvalue weighted by Crippen LogP contribution is -2.30. The summed E-state index contributed by atoms with van der Waals surface area (Å²) in [6.07, 6.45) is 73.3. The quantitative estimate of drug-likeness (QED) is 0.0169. The summed E-state index contributed by atoms with van der Waals surface area (Å²) in [5.74, 6) is -2.17. The van der Waals surface area contributed by atoms with E-state index in [1.54, 1.807) is 0 Å². The number of carbonyl (C=O) groups excluding carboxylic acids is 4. The lowest BCUT2D eigenvalue weighted by atomic mass is 10.1. The van der Waals surface area contributed by atoms with Gasteiger partial charge in [0.1, 0.15) is 19.3 Å². The van der Waals surface area contributed by atoms with E-state index < -0.39 is 97.5 Å². The van der Waals surface area contributed by atoms with Gasteiger partial charge in [-0.1, -0.05) is 275 Å². The Morgan fingerprint density at radius 2 is 0.490 bits per heavy atom. The van der Waals surface area contributed by atoms with Gasteiger partial charge in [0.05, 0.1) is 26.4 Å². The molecule has 0 saturated carbocycles. The largest absolute Gasteiger partial charge is 0.472 e. The molecular formula is C81H148O17P2. The Hall–Kier alpha value is -3.24. The first-order chi connectivity index (χ1) is 48.7. The lowest BCUT2D eigenvalue weighted by molar-refractivity contribution is -0.161. The third kappa shape index (κ3) is 73.1. The number of hydrogen-bond donors (Lipinski definition) is 3. The Kier molecular flexibility index (Phi) is 71.6. The second kappa shape index (κ2) is 74.0. The third-order valence-corrected chi connectivity index (χ3v) is 19.3. The van der Waals surface area contributed by atoms with Crippen LogP contribution < -0.4 is 0 Å². The highest BCUT2D eigenvalue weighted by atomic mass is 31.2. The minimum absolute atomic E-state index is 0.0821. The molecule has 584 valence electrons. The molecule has 3 N–H and O–H groups in total. The van der Waals surface area contributed by atoms with E-state index in [1.807, 2.05) is 0 Å². The lowest BCUT2D eigenvalue weighted by Gasteiger charge is -2.21. The number of aliphatic hydroxyl groups excluding tert-OH is 1. The molecular weight excluding hydrogens is 1310 g/mol. The highest BCUT2D eigenvalue weighted by Gasteiger charge is 2.30. The zero-order valence-electron chi connectivity index (χ0n) is 63.9. The number of hydrogen-bond acceptors (Lipinski definition) is 15. The fraction of sp³-hybridized carbons (Fsp3) is 0.827. The Bertz CT molecular complexity index is 2130. The standard InChI is InChI=1S/C81H148O17P2/c1-5-9-13-17-21-25-29-33-37-41-45-49-53-57-61-65-78(83)91-71-76(97-80(85)67-63-59-55-51-47-43-39-35-31-27-23-19-15-11-7-3)73-95-99(87,88)93-69-75(82)70-94-100(89,90)96-74-77(98-81(86)68-64-60-56-52-48-44-40-36-32-28-24-20-16-12-8-4)72-92-79(84)66-62-58-54-50-46-42-38-34-30-26-22-18-14-10-6-2/h23,25-30,32,35,39,75-77,82H,5-22,24,31,33-34,36-38,40-74H2,1-4H3,(H,87,88)(H,89,90). The Labute approximate surface area is 610 Å². The maximum atomic E-state index is 13.1. The zero-order chi connectivity index (χ0) is 73.2. The molecule has 0 aliphatic heterocycles. The number of phosphoric acid groups is 2. The van der Waals surface area contributed by atoms with E-state index in [-0.39, 0.29) is 25.7 Å². The molecule has 5 unspecified atom stereocenters. The SMILES string of the molecule is CCCCCC=CCC=CCCCCCCCC(=O)OC(COC(=O)CCCCCCCCCC=CCCCCCC)COP(=O)(O)OCC(O)COP(=O)(O)OCC(COC(=O)CCCCCCCCCC=CCCCCCC)OC(=O)CCCCCCCCCC=CCCCCCC. The molecule has 0 aromatic carbocycles. The van der Waals surface area contributed by atoms with Crippen molar-refractivity contribution < 1.29 is 80.2 Å². The van der Waals surface area contributed by atoms with Crippen molar-refractivity contribution in [3.8, 4) is 0 Å². The van der Waals surface area contributed by atoms with Gasteiger partial charge < -0.3 is 33.8 Å². The van der Waals surface area contributed by atoms with Crippen molar-refractivity contribution in [2.24, 2.45) is 0 Å². The van der Waals surface area contributed by atoms with Crippen LogP contribution in [0.5, 0.6) is 0 Å². The van der Waals surface area contributed by atoms with E-state index in [0.717, 1.165) is 173 Å². The van der Waals surface area contributed by atoms with E-state index in [4.69, 9.17) is 37.0 Å². The average Bonchev–Trinajstić information content (AvgIpc) is 1.25. The number of ether oxygens (including phenoxy) is 4. The summed E-state index contributed by atoms with van der Waals surface area (Å²) in [6, 6.07) is 0. The van der Waals surface area contributed by atoms with Crippen molar-refractivity contribution in [2.45, 2.75) is 393 Å². The highest BCUT2D eigenvalue weighted by molar-refractivity contribution is 7.47. The van der Waals surface area contributed by atoms with Crippen LogP contribution in [0.4, 0.5) is 0 Å². The summed E-state index contributed by atoms with van der Waals surface area (Å²) in [4.78, 5) is 73.0. The Morgan fingerprint density at radius 1 is 0.280 bits per heavy atom. The fourth-order valence-electron chi connectivity index (χ4n) is 11.2. The molecule has 100 heavy (non-hydrogen) atoms. The second-order valence-corrected chi connectivity index (χ2v) is 30.3.